The van der Waals surface area contributed by atoms with Crippen LogP contribution in [0.2, 0.25) is 5.02 Å². The summed E-state index contributed by atoms with van der Waals surface area (Å²) in [6.45, 7) is 0.477. The van der Waals surface area contributed by atoms with Gasteiger partial charge in [0.25, 0.3) is 0 Å². The van der Waals surface area contributed by atoms with Gasteiger partial charge in [-0.25, -0.2) is 0 Å². The molecule has 3 nitrogen and oxygen atoms in total. The summed E-state index contributed by atoms with van der Waals surface area (Å²) in [5.74, 6) is 0.635. The Morgan fingerprint density at radius 2 is 2.14 bits per heavy atom. The molecule has 0 aliphatic rings. The molecule has 0 aliphatic heterocycles. The van der Waals surface area contributed by atoms with E-state index in [1.807, 2.05) is 12.1 Å². The van der Waals surface area contributed by atoms with Crippen LogP contribution in [-0.2, 0) is 4.74 Å². The quantitative estimate of drug-likeness (QED) is 0.836. The smallest absolute Gasteiger partial charge is 0.137 e. The average molecular weight is 216 g/mol. The van der Waals surface area contributed by atoms with Crippen LogP contribution in [0.3, 0.4) is 0 Å². The van der Waals surface area contributed by atoms with Crippen LogP contribution in [0.4, 0.5) is 0 Å². The predicted molar refractivity (Wildman–Crippen MR) is 56.8 cm³/mol. The molecule has 0 amide bonds. The summed E-state index contributed by atoms with van der Waals surface area (Å²) in [5.41, 5.74) is 6.81. The highest BCUT2D eigenvalue weighted by Gasteiger charge is 2.08. The second kappa shape index (κ2) is 5.20. The molecular formula is C10H14ClNO2. The van der Waals surface area contributed by atoms with Crippen molar-refractivity contribution in [2.75, 3.05) is 20.8 Å². The van der Waals surface area contributed by atoms with Crippen molar-refractivity contribution in [3.63, 3.8) is 0 Å². The molecule has 1 rings (SSSR count). The van der Waals surface area contributed by atoms with Crippen LogP contribution in [0.5, 0.6) is 5.75 Å². The number of hydrogen-bond acceptors (Lipinski definition) is 3. The van der Waals surface area contributed by atoms with Gasteiger partial charge in [-0.15, -0.1) is 0 Å². The van der Waals surface area contributed by atoms with E-state index in [1.54, 1.807) is 20.3 Å². The Hall–Kier alpha value is -0.770. The summed E-state index contributed by atoms with van der Waals surface area (Å²) in [6.07, 6.45) is 0. The second-order valence-corrected chi connectivity index (χ2v) is 3.36. The Kier molecular flexibility index (Phi) is 4.20. The van der Waals surface area contributed by atoms with Crippen molar-refractivity contribution in [3.05, 3.63) is 28.8 Å². The largest absolute Gasteiger partial charge is 0.495 e. The molecule has 0 radical (unpaired) electrons. The maximum atomic E-state index is 5.88. The van der Waals surface area contributed by atoms with E-state index in [0.717, 1.165) is 5.56 Å². The Morgan fingerprint density at radius 1 is 1.43 bits per heavy atom. The topological polar surface area (TPSA) is 44.5 Å². The molecule has 0 bridgehead atoms. The Labute approximate surface area is 88.8 Å². The Morgan fingerprint density at radius 3 is 2.71 bits per heavy atom. The molecule has 0 unspecified atom stereocenters. The Balaban J connectivity index is 2.88. The molecule has 14 heavy (non-hydrogen) atoms. The summed E-state index contributed by atoms with van der Waals surface area (Å²) in [6, 6.07) is 5.32. The van der Waals surface area contributed by atoms with Crippen molar-refractivity contribution in [2.24, 2.45) is 5.73 Å². The normalized spacial score (nSPS) is 12.6. The van der Waals surface area contributed by atoms with Gasteiger partial charge in [0.05, 0.1) is 24.8 Å². The standard InChI is InChI=1S/C10H14ClNO2/c1-13-6-9(12)7-3-4-8(11)10(5-7)14-2/h3-5,9H,6,12H2,1-2H3/t9-/m1/s1. The minimum atomic E-state index is -0.147. The summed E-state index contributed by atoms with van der Waals surface area (Å²) >= 11 is 5.88. The molecule has 1 aromatic carbocycles. The van der Waals surface area contributed by atoms with E-state index in [4.69, 9.17) is 26.8 Å². The first kappa shape index (κ1) is 11.3. The number of halogens is 1. The van der Waals surface area contributed by atoms with E-state index in [0.29, 0.717) is 17.4 Å². The van der Waals surface area contributed by atoms with Crippen LogP contribution < -0.4 is 10.5 Å². The van der Waals surface area contributed by atoms with E-state index in [1.165, 1.54) is 0 Å². The lowest BCUT2D eigenvalue weighted by Crippen LogP contribution is -2.15. The molecular weight excluding hydrogens is 202 g/mol. The van der Waals surface area contributed by atoms with Crippen LogP contribution in [0.15, 0.2) is 18.2 Å². The Bertz CT molecular complexity index is 304. The van der Waals surface area contributed by atoms with Gasteiger partial charge in [-0.1, -0.05) is 17.7 Å². The van der Waals surface area contributed by atoms with Gasteiger partial charge < -0.3 is 15.2 Å². The van der Waals surface area contributed by atoms with Gasteiger partial charge in [-0.3, -0.25) is 0 Å². The lowest BCUT2D eigenvalue weighted by molar-refractivity contribution is 0.181. The molecule has 0 aromatic heterocycles. The first-order valence-corrected chi connectivity index (χ1v) is 4.64. The van der Waals surface area contributed by atoms with Crippen LogP contribution >= 0.6 is 11.6 Å². The highest BCUT2D eigenvalue weighted by molar-refractivity contribution is 6.32. The van der Waals surface area contributed by atoms with Crippen LogP contribution in [0.1, 0.15) is 11.6 Å². The minimum absolute atomic E-state index is 0.147. The maximum Gasteiger partial charge on any atom is 0.137 e. The van der Waals surface area contributed by atoms with Gasteiger partial charge in [-0.05, 0) is 17.7 Å². The SMILES string of the molecule is COC[C@@H](N)c1ccc(Cl)c(OC)c1. The van der Waals surface area contributed by atoms with Gasteiger partial charge in [0, 0.05) is 7.11 Å². The predicted octanol–water partition coefficient (Wildman–Crippen LogP) is 1.99. The van der Waals surface area contributed by atoms with Crippen LogP contribution in [0, 0.1) is 0 Å². The number of hydrogen-bond donors (Lipinski definition) is 1. The average Bonchev–Trinajstić information content (AvgIpc) is 2.19. The fraction of sp³-hybridized carbons (Fsp3) is 0.400. The second-order valence-electron chi connectivity index (χ2n) is 2.96. The first-order valence-electron chi connectivity index (χ1n) is 4.27. The van der Waals surface area contributed by atoms with E-state index < -0.39 is 0 Å². The maximum absolute atomic E-state index is 5.88. The molecule has 1 aromatic rings. The number of methoxy groups -OCH3 is 2. The van der Waals surface area contributed by atoms with E-state index in [-0.39, 0.29) is 6.04 Å². The molecule has 0 heterocycles. The monoisotopic (exact) mass is 215 g/mol. The van der Waals surface area contributed by atoms with Gasteiger partial charge in [0.15, 0.2) is 0 Å². The minimum Gasteiger partial charge on any atom is -0.495 e. The highest BCUT2D eigenvalue weighted by Crippen LogP contribution is 2.27. The van der Waals surface area contributed by atoms with Crippen molar-refractivity contribution in [1.82, 2.24) is 0 Å². The number of ether oxygens (including phenoxy) is 2. The molecule has 0 fully saturated rings. The number of rotatable bonds is 4. The van der Waals surface area contributed by atoms with Crippen molar-refractivity contribution in [3.8, 4) is 5.75 Å². The summed E-state index contributed by atoms with van der Waals surface area (Å²) < 4.78 is 10.0. The van der Waals surface area contributed by atoms with Crippen LogP contribution in [0.25, 0.3) is 0 Å². The zero-order valence-corrected chi connectivity index (χ0v) is 9.04. The zero-order chi connectivity index (χ0) is 10.6. The van der Waals surface area contributed by atoms with E-state index in [2.05, 4.69) is 0 Å². The van der Waals surface area contributed by atoms with E-state index >= 15 is 0 Å². The molecule has 0 aliphatic carbocycles. The van der Waals surface area contributed by atoms with Crippen LogP contribution in [-0.4, -0.2) is 20.8 Å². The summed E-state index contributed by atoms with van der Waals surface area (Å²) in [4.78, 5) is 0. The van der Waals surface area contributed by atoms with Crippen molar-refractivity contribution in [1.29, 1.82) is 0 Å². The van der Waals surface area contributed by atoms with Gasteiger partial charge >= 0.3 is 0 Å². The van der Waals surface area contributed by atoms with Crippen molar-refractivity contribution in [2.45, 2.75) is 6.04 Å². The fourth-order valence-electron chi connectivity index (χ4n) is 1.18. The molecule has 0 saturated carbocycles. The summed E-state index contributed by atoms with van der Waals surface area (Å²) in [5, 5.41) is 0.584. The van der Waals surface area contributed by atoms with E-state index in [9.17, 15) is 0 Å². The molecule has 78 valence electrons. The third kappa shape index (κ3) is 2.61. The first-order chi connectivity index (χ1) is 6.69. The molecule has 0 spiro atoms. The van der Waals surface area contributed by atoms with Crippen molar-refractivity contribution < 1.29 is 9.47 Å². The lowest BCUT2D eigenvalue weighted by Gasteiger charge is -2.12. The van der Waals surface area contributed by atoms with Crippen molar-refractivity contribution >= 4 is 11.6 Å². The molecule has 4 heteroatoms. The van der Waals surface area contributed by atoms with Gasteiger partial charge in [0.1, 0.15) is 5.75 Å². The highest BCUT2D eigenvalue weighted by atomic mass is 35.5. The van der Waals surface area contributed by atoms with Gasteiger partial charge in [0.2, 0.25) is 0 Å². The molecule has 0 saturated heterocycles. The number of benzene rings is 1. The third-order valence-corrected chi connectivity index (χ3v) is 2.26. The fourth-order valence-corrected chi connectivity index (χ4v) is 1.38. The lowest BCUT2D eigenvalue weighted by atomic mass is 10.1. The number of nitrogens with two attached hydrogens (primary N) is 1. The molecule has 2 N–H and O–H groups in total. The zero-order valence-electron chi connectivity index (χ0n) is 8.29. The van der Waals surface area contributed by atoms with Gasteiger partial charge in [-0.2, -0.15) is 0 Å². The molecule has 1 atom stereocenters. The summed E-state index contributed by atoms with van der Waals surface area (Å²) in [7, 11) is 3.19. The third-order valence-electron chi connectivity index (χ3n) is 1.95.